The minimum atomic E-state index is 0.517. The SMILES string of the molecule is CCS[C@H]1C[C@@H](C)NC(=S)N1. The molecule has 2 nitrogen and oxygen atoms in total. The summed E-state index contributed by atoms with van der Waals surface area (Å²) < 4.78 is 0. The van der Waals surface area contributed by atoms with Crippen molar-refractivity contribution in [3.8, 4) is 0 Å². The molecule has 2 atom stereocenters. The van der Waals surface area contributed by atoms with Crippen LogP contribution in [0.1, 0.15) is 20.3 Å². The van der Waals surface area contributed by atoms with E-state index in [0.29, 0.717) is 11.4 Å². The molecule has 4 heteroatoms. The summed E-state index contributed by atoms with van der Waals surface area (Å²) in [6, 6.07) is 0.521. The number of thiocarbonyl (C=S) groups is 1. The lowest BCUT2D eigenvalue weighted by molar-refractivity contribution is 0.528. The lowest BCUT2D eigenvalue weighted by Crippen LogP contribution is -2.52. The molecule has 1 aliphatic heterocycles. The number of hydrogen-bond donors (Lipinski definition) is 2. The summed E-state index contributed by atoms with van der Waals surface area (Å²) in [6.45, 7) is 4.33. The Balaban J connectivity index is 2.36. The number of hydrogen-bond acceptors (Lipinski definition) is 2. The van der Waals surface area contributed by atoms with Crippen molar-refractivity contribution in [3.63, 3.8) is 0 Å². The molecule has 0 aromatic heterocycles. The third-order valence-electron chi connectivity index (χ3n) is 1.61. The van der Waals surface area contributed by atoms with Gasteiger partial charge in [0.2, 0.25) is 0 Å². The van der Waals surface area contributed by atoms with Crippen molar-refractivity contribution in [3.05, 3.63) is 0 Å². The zero-order valence-electron chi connectivity index (χ0n) is 6.89. The molecule has 1 fully saturated rings. The monoisotopic (exact) mass is 190 g/mol. The average molecular weight is 190 g/mol. The van der Waals surface area contributed by atoms with Gasteiger partial charge in [0, 0.05) is 6.04 Å². The summed E-state index contributed by atoms with van der Waals surface area (Å²) in [4.78, 5) is 0. The molecule has 64 valence electrons. The van der Waals surface area contributed by atoms with Crippen molar-refractivity contribution in [1.82, 2.24) is 10.6 Å². The second-order valence-corrected chi connectivity index (χ2v) is 4.59. The fourth-order valence-corrected chi connectivity index (χ4v) is 2.61. The minimum Gasteiger partial charge on any atom is -0.360 e. The highest BCUT2D eigenvalue weighted by atomic mass is 32.2. The summed E-state index contributed by atoms with van der Waals surface area (Å²) in [7, 11) is 0. The van der Waals surface area contributed by atoms with E-state index in [1.165, 1.54) is 0 Å². The second kappa shape index (κ2) is 4.16. The van der Waals surface area contributed by atoms with Gasteiger partial charge in [-0.2, -0.15) is 0 Å². The van der Waals surface area contributed by atoms with Crippen LogP contribution in [0.3, 0.4) is 0 Å². The third kappa shape index (κ3) is 2.87. The Morgan fingerprint density at radius 1 is 1.64 bits per heavy atom. The predicted octanol–water partition coefficient (Wildman–Crippen LogP) is 1.32. The van der Waals surface area contributed by atoms with E-state index in [0.717, 1.165) is 17.3 Å². The highest BCUT2D eigenvalue weighted by Gasteiger charge is 2.19. The lowest BCUT2D eigenvalue weighted by Gasteiger charge is -2.30. The highest BCUT2D eigenvalue weighted by Crippen LogP contribution is 2.15. The van der Waals surface area contributed by atoms with E-state index in [1.807, 2.05) is 11.8 Å². The van der Waals surface area contributed by atoms with Crippen LogP contribution in [-0.4, -0.2) is 22.3 Å². The van der Waals surface area contributed by atoms with Crippen LogP contribution in [0.15, 0.2) is 0 Å². The first-order chi connectivity index (χ1) is 5.22. The second-order valence-electron chi connectivity index (χ2n) is 2.70. The highest BCUT2D eigenvalue weighted by molar-refractivity contribution is 7.99. The molecule has 1 heterocycles. The molecule has 1 rings (SSSR count). The van der Waals surface area contributed by atoms with Gasteiger partial charge in [-0.15, -0.1) is 11.8 Å². The number of thioether (sulfide) groups is 1. The molecular weight excluding hydrogens is 176 g/mol. The van der Waals surface area contributed by atoms with Crippen LogP contribution in [0, 0.1) is 0 Å². The Labute approximate surface area is 77.5 Å². The molecule has 0 radical (unpaired) electrons. The molecule has 0 aromatic rings. The molecule has 0 saturated carbocycles. The Hall–Kier alpha value is 0.0400. The smallest absolute Gasteiger partial charge is 0.167 e. The largest absolute Gasteiger partial charge is 0.360 e. The van der Waals surface area contributed by atoms with E-state index in [9.17, 15) is 0 Å². The minimum absolute atomic E-state index is 0.517. The molecule has 1 saturated heterocycles. The van der Waals surface area contributed by atoms with Crippen molar-refractivity contribution in [1.29, 1.82) is 0 Å². The van der Waals surface area contributed by atoms with Gasteiger partial charge < -0.3 is 10.6 Å². The summed E-state index contributed by atoms with van der Waals surface area (Å²) in [6.07, 6.45) is 1.15. The third-order valence-corrected chi connectivity index (χ3v) is 2.89. The van der Waals surface area contributed by atoms with E-state index in [1.54, 1.807) is 0 Å². The maximum atomic E-state index is 5.04. The van der Waals surface area contributed by atoms with Gasteiger partial charge in [-0.25, -0.2) is 0 Å². The lowest BCUT2D eigenvalue weighted by atomic mass is 10.2. The quantitative estimate of drug-likeness (QED) is 0.641. The van der Waals surface area contributed by atoms with E-state index in [2.05, 4.69) is 24.5 Å². The first kappa shape index (κ1) is 9.13. The Kier molecular flexibility index (Phi) is 3.45. The van der Waals surface area contributed by atoms with Crippen molar-refractivity contribution >= 4 is 29.1 Å². The molecule has 11 heavy (non-hydrogen) atoms. The number of nitrogens with one attached hydrogen (secondary N) is 2. The van der Waals surface area contributed by atoms with E-state index in [-0.39, 0.29) is 0 Å². The zero-order chi connectivity index (χ0) is 8.27. The van der Waals surface area contributed by atoms with Crippen LogP contribution in [0.4, 0.5) is 0 Å². The molecule has 0 spiro atoms. The van der Waals surface area contributed by atoms with Crippen molar-refractivity contribution < 1.29 is 0 Å². The molecule has 1 aliphatic rings. The molecule has 0 amide bonds. The van der Waals surface area contributed by atoms with E-state index < -0.39 is 0 Å². The molecule has 0 bridgehead atoms. The fourth-order valence-electron chi connectivity index (χ4n) is 1.16. The molecular formula is C7H14N2S2. The summed E-state index contributed by atoms with van der Waals surface area (Å²) in [5.74, 6) is 1.15. The van der Waals surface area contributed by atoms with Crippen molar-refractivity contribution in [2.45, 2.75) is 31.7 Å². The Morgan fingerprint density at radius 3 is 2.91 bits per heavy atom. The molecule has 0 unspecified atom stereocenters. The molecule has 2 N–H and O–H groups in total. The van der Waals surface area contributed by atoms with Crippen LogP contribution in [0.25, 0.3) is 0 Å². The number of rotatable bonds is 2. The van der Waals surface area contributed by atoms with Gasteiger partial charge in [0.1, 0.15) is 0 Å². The first-order valence-electron chi connectivity index (χ1n) is 3.91. The van der Waals surface area contributed by atoms with Crippen LogP contribution in [-0.2, 0) is 0 Å². The molecule has 0 aliphatic carbocycles. The first-order valence-corrected chi connectivity index (χ1v) is 5.36. The van der Waals surface area contributed by atoms with Gasteiger partial charge >= 0.3 is 0 Å². The standard InChI is InChI=1S/C7H14N2S2/c1-3-11-6-4-5(2)8-7(10)9-6/h5-6H,3-4H2,1-2H3,(H2,8,9,10)/t5-,6+/m1/s1. The van der Waals surface area contributed by atoms with Crippen LogP contribution >= 0.6 is 24.0 Å². The van der Waals surface area contributed by atoms with E-state index >= 15 is 0 Å². The van der Waals surface area contributed by atoms with Gasteiger partial charge in [0.05, 0.1) is 5.37 Å². The van der Waals surface area contributed by atoms with Gasteiger partial charge in [-0.05, 0) is 31.3 Å². The maximum absolute atomic E-state index is 5.04. The van der Waals surface area contributed by atoms with Gasteiger partial charge in [-0.1, -0.05) is 6.92 Å². The fraction of sp³-hybridized carbons (Fsp3) is 0.857. The van der Waals surface area contributed by atoms with Gasteiger partial charge in [0.25, 0.3) is 0 Å². The Morgan fingerprint density at radius 2 is 2.36 bits per heavy atom. The van der Waals surface area contributed by atoms with Crippen LogP contribution in [0.2, 0.25) is 0 Å². The van der Waals surface area contributed by atoms with Crippen LogP contribution < -0.4 is 10.6 Å². The van der Waals surface area contributed by atoms with Crippen molar-refractivity contribution in [2.75, 3.05) is 5.75 Å². The molecule has 0 aromatic carbocycles. The summed E-state index contributed by atoms with van der Waals surface area (Å²) in [5, 5.41) is 7.72. The average Bonchev–Trinajstić information content (AvgIpc) is 1.85. The topological polar surface area (TPSA) is 24.1 Å². The summed E-state index contributed by atoms with van der Waals surface area (Å²) in [5.41, 5.74) is 0. The predicted molar refractivity (Wildman–Crippen MR) is 54.9 cm³/mol. The summed E-state index contributed by atoms with van der Waals surface area (Å²) >= 11 is 6.96. The van der Waals surface area contributed by atoms with Crippen LogP contribution in [0.5, 0.6) is 0 Å². The Bertz CT molecular complexity index is 149. The van der Waals surface area contributed by atoms with Crippen molar-refractivity contribution in [2.24, 2.45) is 0 Å². The van der Waals surface area contributed by atoms with E-state index in [4.69, 9.17) is 12.2 Å². The van der Waals surface area contributed by atoms with Gasteiger partial charge in [0.15, 0.2) is 5.11 Å². The normalized spacial score (nSPS) is 30.9. The van der Waals surface area contributed by atoms with Gasteiger partial charge in [-0.3, -0.25) is 0 Å². The maximum Gasteiger partial charge on any atom is 0.167 e. The zero-order valence-corrected chi connectivity index (χ0v) is 8.52.